The summed E-state index contributed by atoms with van der Waals surface area (Å²) >= 11 is 0. The smallest absolute Gasteiger partial charge is 0.126 e. The molecule has 1 N–H and O–H groups in total. The summed E-state index contributed by atoms with van der Waals surface area (Å²) in [5.41, 5.74) is 2.10. The van der Waals surface area contributed by atoms with Gasteiger partial charge in [-0.15, -0.1) is 0 Å². The second-order valence-corrected chi connectivity index (χ2v) is 4.74. The number of aromatic hydroxyl groups is 1. The van der Waals surface area contributed by atoms with Crippen LogP contribution in [0, 0.1) is 0 Å². The first-order valence-corrected chi connectivity index (χ1v) is 6.35. The lowest BCUT2D eigenvalue weighted by atomic mass is 9.90. The number of rotatable bonds is 2. The molecule has 1 atom stereocenters. The van der Waals surface area contributed by atoms with Crippen LogP contribution in [0.5, 0.6) is 17.2 Å². The highest BCUT2D eigenvalue weighted by Crippen LogP contribution is 2.37. The van der Waals surface area contributed by atoms with Gasteiger partial charge in [0, 0.05) is 17.5 Å². The molecule has 1 aliphatic heterocycles. The maximum Gasteiger partial charge on any atom is 0.126 e. The summed E-state index contributed by atoms with van der Waals surface area (Å²) < 4.78 is 11.0. The zero-order valence-corrected chi connectivity index (χ0v) is 10.8. The van der Waals surface area contributed by atoms with E-state index in [9.17, 15) is 5.11 Å². The van der Waals surface area contributed by atoms with Gasteiger partial charge in [-0.2, -0.15) is 0 Å². The Morgan fingerprint density at radius 1 is 1.21 bits per heavy atom. The molecule has 98 valence electrons. The number of ether oxygens (including phenoxy) is 2. The van der Waals surface area contributed by atoms with Gasteiger partial charge in [0.05, 0.1) is 13.7 Å². The second kappa shape index (κ2) is 4.84. The van der Waals surface area contributed by atoms with E-state index in [0.717, 1.165) is 29.0 Å². The molecule has 2 aromatic rings. The molecule has 3 nitrogen and oxygen atoms in total. The van der Waals surface area contributed by atoms with Gasteiger partial charge in [0.2, 0.25) is 0 Å². The highest BCUT2D eigenvalue weighted by Gasteiger charge is 2.23. The SMILES string of the molecule is COc1ccc2c(c1)OCC(c1ccccc1O)C2. The third-order valence-electron chi connectivity index (χ3n) is 3.56. The van der Waals surface area contributed by atoms with Crippen LogP contribution in [0.2, 0.25) is 0 Å². The number of hydrogen-bond acceptors (Lipinski definition) is 3. The summed E-state index contributed by atoms with van der Waals surface area (Å²) in [5.74, 6) is 2.22. The molecular weight excluding hydrogens is 240 g/mol. The minimum atomic E-state index is 0.196. The highest BCUT2D eigenvalue weighted by molar-refractivity contribution is 5.45. The van der Waals surface area contributed by atoms with E-state index in [4.69, 9.17) is 9.47 Å². The third kappa shape index (κ3) is 2.24. The summed E-state index contributed by atoms with van der Waals surface area (Å²) in [4.78, 5) is 0. The van der Waals surface area contributed by atoms with Crippen molar-refractivity contribution in [3.63, 3.8) is 0 Å². The predicted molar refractivity (Wildman–Crippen MR) is 73.0 cm³/mol. The molecule has 0 bridgehead atoms. The standard InChI is InChI=1S/C16H16O3/c1-18-13-7-6-11-8-12(10-19-16(11)9-13)14-4-2-3-5-15(14)17/h2-7,9,12,17H,8,10H2,1H3. The highest BCUT2D eigenvalue weighted by atomic mass is 16.5. The number of hydrogen-bond donors (Lipinski definition) is 1. The van der Waals surface area contributed by atoms with Crippen LogP contribution in [-0.2, 0) is 6.42 Å². The molecule has 3 heteroatoms. The Hall–Kier alpha value is -2.16. The van der Waals surface area contributed by atoms with Crippen LogP contribution in [0.4, 0.5) is 0 Å². The number of benzene rings is 2. The molecule has 0 spiro atoms. The molecular formula is C16H16O3. The normalized spacial score (nSPS) is 17.4. The molecule has 0 saturated heterocycles. The van der Waals surface area contributed by atoms with Crippen LogP contribution in [-0.4, -0.2) is 18.8 Å². The van der Waals surface area contributed by atoms with Gasteiger partial charge < -0.3 is 14.6 Å². The maximum absolute atomic E-state index is 9.92. The van der Waals surface area contributed by atoms with Gasteiger partial charge in [0.1, 0.15) is 17.2 Å². The van der Waals surface area contributed by atoms with Crippen molar-refractivity contribution < 1.29 is 14.6 Å². The summed E-state index contributed by atoms with van der Waals surface area (Å²) in [7, 11) is 1.65. The summed E-state index contributed by atoms with van der Waals surface area (Å²) in [6, 6.07) is 13.3. The summed E-state index contributed by atoms with van der Waals surface area (Å²) in [6.07, 6.45) is 0.872. The molecule has 0 amide bonds. The van der Waals surface area contributed by atoms with E-state index in [1.807, 2.05) is 36.4 Å². The topological polar surface area (TPSA) is 38.7 Å². The monoisotopic (exact) mass is 256 g/mol. The summed E-state index contributed by atoms with van der Waals surface area (Å²) in [5, 5.41) is 9.92. The quantitative estimate of drug-likeness (QED) is 0.897. The minimum Gasteiger partial charge on any atom is -0.508 e. The van der Waals surface area contributed by atoms with Crippen molar-refractivity contribution in [2.45, 2.75) is 12.3 Å². The van der Waals surface area contributed by atoms with E-state index in [-0.39, 0.29) is 5.92 Å². The maximum atomic E-state index is 9.92. The van der Waals surface area contributed by atoms with E-state index < -0.39 is 0 Å². The average Bonchev–Trinajstić information content (AvgIpc) is 2.46. The van der Waals surface area contributed by atoms with Crippen LogP contribution >= 0.6 is 0 Å². The van der Waals surface area contributed by atoms with Gasteiger partial charge >= 0.3 is 0 Å². The number of para-hydroxylation sites is 1. The van der Waals surface area contributed by atoms with Crippen molar-refractivity contribution in [2.75, 3.05) is 13.7 Å². The van der Waals surface area contributed by atoms with Crippen molar-refractivity contribution in [3.05, 3.63) is 53.6 Å². The first kappa shape index (κ1) is 11.9. The zero-order valence-electron chi connectivity index (χ0n) is 10.8. The van der Waals surface area contributed by atoms with Crippen LogP contribution in [0.1, 0.15) is 17.0 Å². The fraction of sp³-hybridized carbons (Fsp3) is 0.250. The Morgan fingerprint density at radius 2 is 2.05 bits per heavy atom. The van der Waals surface area contributed by atoms with Crippen molar-refractivity contribution >= 4 is 0 Å². The van der Waals surface area contributed by atoms with Crippen LogP contribution in [0.3, 0.4) is 0 Å². The number of phenols is 1. The Balaban J connectivity index is 1.88. The van der Waals surface area contributed by atoms with E-state index in [1.165, 1.54) is 0 Å². The lowest BCUT2D eigenvalue weighted by Crippen LogP contribution is -2.19. The van der Waals surface area contributed by atoms with Gasteiger partial charge in [-0.05, 0) is 24.1 Å². The molecule has 0 fully saturated rings. The number of methoxy groups -OCH3 is 1. The molecule has 1 unspecified atom stereocenters. The van der Waals surface area contributed by atoms with Crippen LogP contribution in [0.25, 0.3) is 0 Å². The van der Waals surface area contributed by atoms with Crippen molar-refractivity contribution in [2.24, 2.45) is 0 Å². The molecule has 3 rings (SSSR count). The van der Waals surface area contributed by atoms with Gasteiger partial charge in [0.25, 0.3) is 0 Å². The van der Waals surface area contributed by atoms with Gasteiger partial charge in [-0.25, -0.2) is 0 Å². The van der Waals surface area contributed by atoms with Gasteiger partial charge in [0.15, 0.2) is 0 Å². The lowest BCUT2D eigenvalue weighted by molar-refractivity contribution is 0.258. The Morgan fingerprint density at radius 3 is 2.84 bits per heavy atom. The first-order chi connectivity index (χ1) is 9.28. The lowest BCUT2D eigenvalue weighted by Gasteiger charge is -2.26. The fourth-order valence-corrected chi connectivity index (χ4v) is 2.51. The Bertz CT molecular complexity index is 592. The zero-order chi connectivity index (χ0) is 13.2. The van der Waals surface area contributed by atoms with E-state index >= 15 is 0 Å². The molecule has 0 aromatic heterocycles. The van der Waals surface area contributed by atoms with Gasteiger partial charge in [-0.1, -0.05) is 24.3 Å². The van der Waals surface area contributed by atoms with Crippen LogP contribution < -0.4 is 9.47 Å². The largest absolute Gasteiger partial charge is 0.508 e. The van der Waals surface area contributed by atoms with Crippen molar-refractivity contribution in [1.82, 2.24) is 0 Å². The Kier molecular flexibility index (Phi) is 3.03. The molecule has 1 aliphatic rings. The van der Waals surface area contributed by atoms with Crippen molar-refractivity contribution in [1.29, 1.82) is 0 Å². The number of fused-ring (bicyclic) bond motifs is 1. The van der Waals surface area contributed by atoms with E-state index in [1.54, 1.807) is 13.2 Å². The van der Waals surface area contributed by atoms with Gasteiger partial charge in [-0.3, -0.25) is 0 Å². The van der Waals surface area contributed by atoms with E-state index in [2.05, 4.69) is 0 Å². The van der Waals surface area contributed by atoms with Crippen molar-refractivity contribution in [3.8, 4) is 17.2 Å². The predicted octanol–water partition coefficient (Wildman–Crippen LogP) is 3.12. The van der Waals surface area contributed by atoms with Crippen LogP contribution in [0.15, 0.2) is 42.5 Å². The third-order valence-corrected chi connectivity index (χ3v) is 3.56. The fourth-order valence-electron chi connectivity index (χ4n) is 2.51. The molecule has 19 heavy (non-hydrogen) atoms. The second-order valence-electron chi connectivity index (χ2n) is 4.74. The molecule has 0 saturated carbocycles. The molecule has 0 aliphatic carbocycles. The minimum absolute atomic E-state index is 0.196. The number of phenolic OH excluding ortho intramolecular Hbond substituents is 1. The first-order valence-electron chi connectivity index (χ1n) is 6.35. The average molecular weight is 256 g/mol. The molecule has 1 heterocycles. The molecule has 2 aromatic carbocycles. The van der Waals surface area contributed by atoms with E-state index in [0.29, 0.717) is 12.4 Å². The molecule has 0 radical (unpaired) electrons. The summed E-state index contributed by atoms with van der Waals surface area (Å²) in [6.45, 7) is 0.581. The Labute approximate surface area is 112 Å².